The van der Waals surface area contributed by atoms with Gasteiger partial charge in [0.2, 0.25) is 5.82 Å². The van der Waals surface area contributed by atoms with Crippen molar-refractivity contribution < 1.29 is 18.8 Å². The van der Waals surface area contributed by atoms with E-state index in [-0.39, 0.29) is 37.3 Å². The number of rotatable bonds is 8. The van der Waals surface area contributed by atoms with Gasteiger partial charge in [-0.05, 0) is 43.3 Å². The number of halogens is 1. The largest absolute Gasteiger partial charge is 0.484 e. The van der Waals surface area contributed by atoms with E-state index in [0.29, 0.717) is 16.3 Å². The first-order valence-electron chi connectivity index (χ1n) is 8.85. The number of aromatic nitrogens is 2. The van der Waals surface area contributed by atoms with Crippen LogP contribution in [0.15, 0.2) is 53.1 Å². The van der Waals surface area contributed by atoms with Gasteiger partial charge in [-0.2, -0.15) is 4.98 Å². The van der Waals surface area contributed by atoms with Crippen molar-refractivity contribution in [2.75, 3.05) is 19.7 Å². The number of nitrogens with zero attached hydrogens (tertiary/aromatic N) is 2. The zero-order chi connectivity index (χ0) is 20.6. The number of hydrogen-bond acceptors (Lipinski definition) is 6. The lowest BCUT2D eigenvalue weighted by molar-refractivity contribution is -0.123. The molecule has 3 aromatic rings. The molecule has 0 bridgehead atoms. The minimum Gasteiger partial charge on any atom is -0.484 e. The van der Waals surface area contributed by atoms with E-state index in [9.17, 15) is 9.59 Å². The van der Waals surface area contributed by atoms with E-state index >= 15 is 0 Å². The molecule has 0 atom stereocenters. The van der Waals surface area contributed by atoms with Crippen molar-refractivity contribution in [3.05, 3.63) is 65.0 Å². The molecule has 2 aromatic carbocycles. The summed E-state index contributed by atoms with van der Waals surface area (Å²) in [6.07, 6.45) is 0. The smallest absolute Gasteiger partial charge is 0.316 e. The lowest BCUT2D eigenvalue weighted by Crippen LogP contribution is -2.36. The summed E-state index contributed by atoms with van der Waals surface area (Å²) in [5.74, 6) is -0.0743. The third-order valence-corrected chi connectivity index (χ3v) is 4.10. The Balaban J connectivity index is 1.38. The average molecular weight is 415 g/mol. The quantitative estimate of drug-likeness (QED) is 0.549. The lowest BCUT2D eigenvalue weighted by Gasteiger charge is -2.08. The van der Waals surface area contributed by atoms with Gasteiger partial charge < -0.3 is 19.9 Å². The second-order valence-electron chi connectivity index (χ2n) is 6.14. The highest BCUT2D eigenvalue weighted by atomic mass is 35.5. The highest BCUT2D eigenvalue weighted by Gasteiger charge is 2.15. The summed E-state index contributed by atoms with van der Waals surface area (Å²) < 4.78 is 10.4. The van der Waals surface area contributed by atoms with Gasteiger partial charge in [-0.1, -0.05) is 34.5 Å². The number of ether oxygens (including phenoxy) is 1. The van der Waals surface area contributed by atoms with Crippen LogP contribution in [0.3, 0.4) is 0 Å². The van der Waals surface area contributed by atoms with E-state index in [0.717, 1.165) is 5.56 Å². The molecular formula is C20H19ClN4O4. The molecule has 9 heteroatoms. The van der Waals surface area contributed by atoms with Gasteiger partial charge in [0.1, 0.15) is 5.75 Å². The van der Waals surface area contributed by atoms with Crippen molar-refractivity contribution in [1.29, 1.82) is 0 Å². The predicted molar refractivity (Wildman–Crippen MR) is 107 cm³/mol. The minimum absolute atomic E-state index is 0.106. The van der Waals surface area contributed by atoms with Gasteiger partial charge in [0.15, 0.2) is 6.61 Å². The Morgan fingerprint density at radius 1 is 1.03 bits per heavy atom. The number of aryl methyl sites for hydroxylation is 1. The third-order valence-electron chi connectivity index (χ3n) is 3.85. The SMILES string of the molecule is Cc1ccc(OCC(=O)NCCNC(=O)c2nc(-c3ccc(Cl)cc3)no2)cc1. The molecule has 0 radical (unpaired) electrons. The first kappa shape index (κ1) is 20.3. The fourth-order valence-electron chi connectivity index (χ4n) is 2.32. The van der Waals surface area contributed by atoms with Crippen molar-refractivity contribution in [3.8, 4) is 17.1 Å². The summed E-state index contributed by atoms with van der Waals surface area (Å²) >= 11 is 5.84. The van der Waals surface area contributed by atoms with E-state index in [1.54, 1.807) is 36.4 Å². The van der Waals surface area contributed by atoms with Crippen LogP contribution in [-0.4, -0.2) is 41.7 Å². The van der Waals surface area contributed by atoms with Gasteiger partial charge in [0.05, 0.1) is 0 Å². The van der Waals surface area contributed by atoms with Crippen LogP contribution in [-0.2, 0) is 4.79 Å². The van der Waals surface area contributed by atoms with Crippen molar-refractivity contribution in [3.63, 3.8) is 0 Å². The van der Waals surface area contributed by atoms with E-state index in [1.807, 2.05) is 19.1 Å². The molecule has 0 saturated heterocycles. The van der Waals surface area contributed by atoms with Crippen LogP contribution in [0.1, 0.15) is 16.2 Å². The number of carbonyl (C=O) groups is 2. The van der Waals surface area contributed by atoms with Crippen LogP contribution >= 0.6 is 11.6 Å². The maximum absolute atomic E-state index is 12.1. The topological polar surface area (TPSA) is 106 Å². The van der Waals surface area contributed by atoms with Crippen molar-refractivity contribution in [1.82, 2.24) is 20.8 Å². The molecule has 8 nitrogen and oxygen atoms in total. The molecule has 0 spiro atoms. The molecule has 2 amide bonds. The molecule has 29 heavy (non-hydrogen) atoms. The Hall–Kier alpha value is -3.39. The zero-order valence-electron chi connectivity index (χ0n) is 15.6. The van der Waals surface area contributed by atoms with Crippen LogP contribution in [0.4, 0.5) is 0 Å². The Morgan fingerprint density at radius 3 is 2.45 bits per heavy atom. The molecule has 150 valence electrons. The molecule has 0 aliphatic heterocycles. The fraction of sp³-hybridized carbons (Fsp3) is 0.200. The predicted octanol–water partition coefficient (Wildman–Crippen LogP) is 2.62. The highest BCUT2D eigenvalue weighted by molar-refractivity contribution is 6.30. The maximum atomic E-state index is 12.1. The van der Waals surface area contributed by atoms with E-state index in [4.69, 9.17) is 20.9 Å². The monoisotopic (exact) mass is 414 g/mol. The van der Waals surface area contributed by atoms with Gasteiger partial charge in [-0.25, -0.2) is 0 Å². The summed E-state index contributed by atoms with van der Waals surface area (Å²) in [5, 5.41) is 9.61. The lowest BCUT2D eigenvalue weighted by atomic mass is 10.2. The molecule has 0 aliphatic rings. The molecule has 0 saturated carbocycles. The number of hydrogen-bond donors (Lipinski definition) is 2. The summed E-state index contributed by atoms with van der Waals surface area (Å²) in [6, 6.07) is 14.2. The molecule has 0 aliphatic carbocycles. The first-order chi connectivity index (χ1) is 14.0. The number of benzene rings is 2. The summed E-state index contributed by atoms with van der Waals surface area (Å²) in [6.45, 7) is 2.30. The fourth-order valence-corrected chi connectivity index (χ4v) is 2.45. The van der Waals surface area contributed by atoms with Gasteiger partial charge in [0, 0.05) is 23.7 Å². The van der Waals surface area contributed by atoms with Gasteiger partial charge >= 0.3 is 11.8 Å². The molecule has 3 rings (SSSR count). The molecule has 0 fully saturated rings. The normalized spacial score (nSPS) is 10.4. The van der Waals surface area contributed by atoms with Crippen LogP contribution in [0, 0.1) is 6.92 Å². The molecule has 1 heterocycles. The van der Waals surface area contributed by atoms with Crippen LogP contribution in [0.25, 0.3) is 11.4 Å². The molecule has 2 N–H and O–H groups in total. The third kappa shape index (κ3) is 6.05. The maximum Gasteiger partial charge on any atom is 0.316 e. The minimum atomic E-state index is -0.525. The van der Waals surface area contributed by atoms with Crippen molar-refractivity contribution in [2.24, 2.45) is 0 Å². The van der Waals surface area contributed by atoms with Crippen LogP contribution in [0.5, 0.6) is 5.75 Å². The van der Waals surface area contributed by atoms with E-state index in [1.165, 1.54) is 0 Å². The number of carbonyl (C=O) groups excluding carboxylic acids is 2. The van der Waals surface area contributed by atoms with Gasteiger partial charge in [-0.3, -0.25) is 9.59 Å². The Morgan fingerprint density at radius 2 is 1.72 bits per heavy atom. The highest BCUT2D eigenvalue weighted by Crippen LogP contribution is 2.18. The standard InChI is InChI=1S/C20H19ClN4O4/c1-13-2-8-16(9-3-13)28-12-17(26)22-10-11-23-19(27)20-24-18(25-29-20)14-4-6-15(21)7-5-14/h2-9H,10-12H2,1H3,(H,22,26)(H,23,27). The Bertz CT molecular complexity index is 971. The number of amides is 2. The second kappa shape index (κ2) is 9.70. The van der Waals surface area contributed by atoms with E-state index < -0.39 is 5.91 Å². The molecule has 0 unspecified atom stereocenters. The summed E-state index contributed by atoms with van der Waals surface area (Å²) in [4.78, 5) is 27.9. The first-order valence-corrected chi connectivity index (χ1v) is 9.23. The zero-order valence-corrected chi connectivity index (χ0v) is 16.4. The van der Waals surface area contributed by atoms with E-state index in [2.05, 4.69) is 20.8 Å². The van der Waals surface area contributed by atoms with Gasteiger partial charge in [-0.15, -0.1) is 0 Å². The summed E-state index contributed by atoms with van der Waals surface area (Å²) in [5.41, 5.74) is 1.79. The van der Waals surface area contributed by atoms with Gasteiger partial charge in [0.25, 0.3) is 5.91 Å². The number of nitrogens with one attached hydrogen (secondary N) is 2. The Kier molecular flexibility index (Phi) is 6.80. The summed E-state index contributed by atoms with van der Waals surface area (Å²) in [7, 11) is 0. The van der Waals surface area contributed by atoms with Crippen molar-refractivity contribution >= 4 is 23.4 Å². The van der Waals surface area contributed by atoms with Crippen LogP contribution < -0.4 is 15.4 Å². The Labute approximate surface area is 172 Å². The average Bonchev–Trinajstić information content (AvgIpc) is 3.21. The molecule has 1 aromatic heterocycles. The van der Waals surface area contributed by atoms with Crippen LogP contribution in [0.2, 0.25) is 5.02 Å². The second-order valence-corrected chi connectivity index (χ2v) is 6.57. The van der Waals surface area contributed by atoms with Crippen molar-refractivity contribution in [2.45, 2.75) is 6.92 Å². The molecular weight excluding hydrogens is 396 g/mol.